The van der Waals surface area contributed by atoms with Crippen LogP contribution in [0.4, 0.5) is 4.39 Å². The van der Waals surface area contributed by atoms with Crippen molar-refractivity contribution in [3.8, 4) is 11.5 Å². The van der Waals surface area contributed by atoms with Crippen LogP contribution < -0.4 is 9.47 Å². The van der Waals surface area contributed by atoms with Gasteiger partial charge in [-0.3, -0.25) is 0 Å². The molecule has 1 N–H and O–H groups in total. The molecule has 17 heavy (non-hydrogen) atoms. The number of hydrogen-bond donors (Lipinski definition) is 1. The molecule has 0 aliphatic rings. The van der Waals surface area contributed by atoms with Gasteiger partial charge >= 0.3 is 0 Å². The third kappa shape index (κ3) is 2.88. The zero-order chi connectivity index (χ0) is 13.0. The summed E-state index contributed by atoms with van der Waals surface area (Å²) in [5, 5.41) is 9.18. The van der Waals surface area contributed by atoms with Crippen molar-refractivity contribution in [3.05, 3.63) is 23.3 Å². The summed E-state index contributed by atoms with van der Waals surface area (Å²) in [5.74, 6) is 0.978. The normalized spacial score (nSPS) is 14.2. The van der Waals surface area contributed by atoms with Gasteiger partial charge in [-0.2, -0.15) is 0 Å². The van der Waals surface area contributed by atoms with Gasteiger partial charge in [0.15, 0.2) is 0 Å². The minimum Gasteiger partial charge on any atom is -0.496 e. The van der Waals surface area contributed by atoms with E-state index in [9.17, 15) is 9.50 Å². The third-order valence-electron chi connectivity index (χ3n) is 2.82. The molecule has 0 aromatic heterocycles. The fraction of sp³-hybridized carbons (Fsp3) is 0.538. The average molecular weight is 242 g/mol. The summed E-state index contributed by atoms with van der Waals surface area (Å²) >= 11 is 0. The molecule has 0 aliphatic heterocycles. The molecule has 2 unspecified atom stereocenters. The second-order valence-electron chi connectivity index (χ2n) is 4.04. The molecule has 2 atom stereocenters. The first kappa shape index (κ1) is 13.8. The van der Waals surface area contributed by atoms with E-state index < -0.39 is 6.17 Å². The Balaban J connectivity index is 3.32. The average Bonchev–Trinajstić information content (AvgIpc) is 2.35. The number of aliphatic hydroxyl groups is 1. The smallest absolute Gasteiger partial charge is 0.126 e. The molecule has 0 amide bonds. The summed E-state index contributed by atoms with van der Waals surface area (Å²) in [7, 11) is 3.03. The Morgan fingerprint density at radius 2 is 1.59 bits per heavy atom. The molecular weight excluding hydrogens is 223 g/mol. The highest BCUT2D eigenvalue weighted by Crippen LogP contribution is 2.37. The largest absolute Gasteiger partial charge is 0.496 e. The lowest BCUT2D eigenvalue weighted by atomic mass is 9.97. The molecule has 0 radical (unpaired) electrons. The van der Waals surface area contributed by atoms with Crippen molar-refractivity contribution in [2.75, 3.05) is 20.8 Å². The zero-order valence-corrected chi connectivity index (χ0v) is 10.7. The summed E-state index contributed by atoms with van der Waals surface area (Å²) in [6.07, 6.45) is -1.13. The van der Waals surface area contributed by atoms with Gasteiger partial charge in [-0.05, 0) is 19.1 Å². The van der Waals surface area contributed by atoms with E-state index in [0.29, 0.717) is 17.1 Å². The van der Waals surface area contributed by atoms with Gasteiger partial charge in [0.25, 0.3) is 0 Å². The fourth-order valence-electron chi connectivity index (χ4n) is 1.74. The molecule has 3 nitrogen and oxygen atoms in total. The number of aliphatic hydroxyl groups excluding tert-OH is 1. The van der Waals surface area contributed by atoms with E-state index >= 15 is 0 Å². The predicted octanol–water partition coefficient (Wildman–Crippen LogP) is 2.83. The monoisotopic (exact) mass is 242 g/mol. The molecule has 4 heteroatoms. The van der Waals surface area contributed by atoms with E-state index in [1.54, 1.807) is 12.1 Å². The number of ether oxygens (including phenoxy) is 2. The molecule has 0 fully saturated rings. The SMILES string of the molecule is COc1cc(C(C)CO)c(OC)cc1C(C)F. The first-order chi connectivity index (χ1) is 8.04. The molecule has 0 spiro atoms. The number of hydrogen-bond acceptors (Lipinski definition) is 3. The van der Waals surface area contributed by atoms with Crippen LogP contribution in [0, 0.1) is 0 Å². The van der Waals surface area contributed by atoms with Crippen molar-refractivity contribution in [2.24, 2.45) is 0 Å². The molecule has 0 heterocycles. The van der Waals surface area contributed by atoms with E-state index in [1.807, 2.05) is 6.92 Å². The van der Waals surface area contributed by atoms with Gasteiger partial charge in [-0.25, -0.2) is 4.39 Å². The van der Waals surface area contributed by atoms with Crippen LogP contribution in [0.5, 0.6) is 11.5 Å². The van der Waals surface area contributed by atoms with Crippen LogP contribution in [0.25, 0.3) is 0 Å². The zero-order valence-electron chi connectivity index (χ0n) is 10.7. The van der Waals surface area contributed by atoms with E-state index in [4.69, 9.17) is 9.47 Å². The lowest BCUT2D eigenvalue weighted by molar-refractivity contribution is 0.269. The summed E-state index contributed by atoms with van der Waals surface area (Å²) < 4.78 is 23.8. The highest BCUT2D eigenvalue weighted by molar-refractivity contribution is 5.48. The number of alkyl halides is 1. The maximum Gasteiger partial charge on any atom is 0.126 e. The third-order valence-corrected chi connectivity index (χ3v) is 2.82. The van der Waals surface area contributed by atoms with Gasteiger partial charge in [0.1, 0.15) is 17.7 Å². The molecule has 1 rings (SSSR count). The molecule has 96 valence electrons. The van der Waals surface area contributed by atoms with Crippen LogP contribution in [-0.4, -0.2) is 25.9 Å². The first-order valence-corrected chi connectivity index (χ1v) is 5.55. The van der Waals surface area contributed by atoms with Crippen molar-refractivity contribution in [2.45, 2.75) is 25.9 Å². The van der Waals surface area contributed by atoms with Gasteiger partial charge in [-0.15, -0.1) is 0 Å². The molecular formula is C13H19FO3. The Labute approximate surface area is 101 Å². The number of benzene rings is 1. The maximum absolute atomic E-state index is 13.4. The highest BCUT2D eigenvalue weighted by atomic mass is 19.1. The lowest BCUT2D eigenvalue weighted by Gasteiger charge is -2.18. The van der Waals surface area contributed by atoms with Crippen molar-refractivity contribution < 1.29 is 19.0 Å². The lowest BCUT2D eigenvalue weighted by Crippen LogP contribution is -2.04. The van der Waals surface area contributed by atoms with Gasteiger partial charge in [-0.1, -0.05) is 6.92 Å². The minimum absolute atomic E-state index is 0.00401. The van der Waals surface area contributed by atoms with Crippen LogP contribution in [0.15, 0.2) is 12.1 Å². The van der Waals surface area contributed by atoms with Crippen LogP contribution >= 0.6 is 0 Å². The molecule has 0 bridgehead atoms. The predicted molar refractivity (Wildman–Crippen MR) is 64.6 cm³/mol. The summed E-state index contributed by atoms with van der Waals surface area (Å²) in [6.45, 7) is 3.33. The van der Waals surface area contributed by atoms with Crippen LogP contribution in [0.1, 0.15) is 37.1 Å². The topological polar surface area (TPSA) is 38.7 Å². The Bertz CT molecular complexity index is 377. The van der Waals surface area contributed by atoms with Crippen molar-refractivity contribution in [1.82, 2.24) is 0 Å². The second kappa shape index (κ2) is 5.87. The van der Waals surface area contributed by atoms with Gasteiger partial charge in [0, 0.05) is 23.7 Å². The van der Waals surface area contributed by atoms with Crippen molar-refractivity contribution >= 4 is 0 Å². The van der Waals surface area contributed by atoms with Gasteiger partial charge < -0.3 is 14.6 Å². The Kier molecular flexibility index (Phi) is 4.75. The standard InChI is InChI=1S/C13H19FO3/c1-8(7-15)10-5-13(17-4)11(9(2)14)6-12(10)16-3/h5-6,8-9,15H,7H2,1-4H3. The highest BCUT2D eigenvalue weighted by Gasteiger charge is 2.18. The molecule has 0 saturated carbocycles. The van der Waals surface area contributed by atoms with Gasteiger partial charge in [0.2, 0.25) is 0 Å². The number of methoxy groups -OCH3 is 2. The quantitative estimate of drug-likeness (QED) is 0.862. The molecule has 0 aliphatic carbocycles. The van der Waals surface area contributed by atoms with Crippen molar-refractivity contribution in [1.29, 1.82) is 0 Å². The minimum atomic E-state index is -1.13. The Morgan fingerprint density at radius 1 is 1.12 bits per heavy atom. The maximum atomic E-state index is 13.4. The Hall–Kier alpha value is -1.29. The molecule has 1 aromatic carbocycles. The Morgan fingerprint density at radius 3 is 2.00 bits per heavy atom. The number of halogens is 1. The molecule has 0 saturated heterocycles. The first-order valence-electron chi connectivity index (χ1n) is 5.55. The van der Waals surface area contributed by atoms with E-state index in [2.05, 4.69) is 0 Å². The van der Waals surface area contributed by atoms with Crippen LogP contribution in [0.3, 0.4) is 0 Å². The number of rotatable bonds is 5. The second-order valence-corrected chi connectivity index (χ2v) is 4.04. The van der Waals surface area contributed by atoms with E-state index in [0.717, 1.165) is 5.56 Å². The van der Waals surface area contributed by atoms with Crippen LogP contribution in [0.2, 0.25) is 0 Å². The van der Waals surface area contributed by atoms with E-state index in [1.165, 1.54) is 21.1 Å². The van der Waals surface area contributed by atoms with Crippen LogP contribution in [-0.2, 0) is 0 Å². The fourth-order valence-corrected chi connectivity index (χ4v) is 1.74. The van der Waals surface area contributed by atoms with E-state index in [-0.39, 0.29) is 12.5 Å². The summed E-state index contributed by atoms with van der Waals surface area (Å²) in [5.41, 5.74) is 1.27. The van der Waals surface area contributed by atoms with Crippen molar-refractivity contribution in [3.63, 3.8) is 0 Å². The van der Waals surface area contributed by atoms with Gasteiger partial charge in [0.05, 0.1) is 14.2 Å². The molecule has 1 aromatic rings. The summed E-state index contributed by atoms with van der Waals surface area (Å²) in [4.78, 5) is 0. The summed E-state index contributed by atoms with van der Waals surface area (Å²) in [6, 6.07) is 3.36.